The molecule has 2 atom stereocenters. The van der Waals surface area contributed by atoms with Gasteiger partial charge in [-0.3, -0.25) is 14.8 Å². The summed E-state index contributed by atoms with van der Waals surface area (Å²) >= 11 is 0. The van der Waals surface area contributed by atoms with E-state index < -0.39 is 23.8 Å². The Bertz CT molecular complexity index is 1660. The highest BCUT2D eigenvalue weighted by atomic mass is 19.1. The van der Waals surface area contributed by atoms with Crippen LogP contribution in [0.15, 0.2) is 76.8 Å². The first-order valence-electron chi connectivity index (χ1n) is 18.0. The summed E-state index contributed by atoms with van der Waals surface area (Å²) < 4.78 is 40.5. The Morgan fingerprint density at radius 3 is 2.24 bits per heavy atom. The van der Waals surface area contributed by atoms with Crippen molar-refractivity contribution in [3.8, 4) is 5.75 Å². The van der Waals surface area contributed by atoms with E-state index in [0.717, 1.165) is 68.6 Å². The molecule has 2 heterocycles. The molecule has 3 aromatic rings. The lowest BCUT2D eigenvalue weighted by Crippen LogP contribution is -2.38. The van der Waals surface area contributed by atoms with Crippen LogP contribution < -0.4 is 24.9 Å². The van der Waals surface area contributed by atoms with E-state index in [2.05, 4.69) is 70.4 Å². The maximum Gasteiger partial charge on any atom is 0.229 e. The van der Waals surface area contributed by atoms with Crippen molar-refractivity contribution in [1.82, 2.24) is 15.4 Å². The number of aliphatic hydroxyl groups is 1. The van der Waals surface area contributed by atoms with Gasteiger partial charge in [-0.15, -0.1) is 0 Å². The molecule has 0 aliphatic carbocycles. The number of anilines is 3. The van der Waals surface area contributed by atoms with Crippen LogP contribution in [0.25, 0.3) is 0 Å². The third-order valence-electron chi connectivity index (χ3n) is 9.16. The molecule has 5 rings (SSSR count). The molecule has 1 saturated heterocycles. The molecule has 294 valence electrons. The van der Waals surface area contributed by atoms with E-state index in [0.29, 0.717) is 19.0 Å². The molecule has 3 aromatic carbocycles. The monoisotopic (exact) mass is 750 g/mol. The molecule has 2 aliphatic heterocycles. The lowest BCUT2D eigenvalue weighted by atomic mass is 9.92. The number of hydrogen-bond acceptors (Lipinski definition) is 10. The van der Waals surface area contributed by atoms with Gasteiger partial charge < -0.3 is 29.3 Å². The number of carbonyl (C=O) groups excluding carboxylic acids is 1. The minimum atomic E-state index is -0.818. The number of rotatable bonds is 17. The number of carbonyl (C=O) groups is 1. The predicted octanol–water partition coefficient (Wildman–Crippen LogP) is 5.90. The maximum atomic E-state index is 14.7. The number of ether oxygens (including phenoxy) is 2. The van der Waals surface area contributed by atoms with Crippen LogP contribution in [0.2, 0.25) is 0 Å². The Hall–Kier alpha value is -4.79. The summed E-state index contributed by atoms with van der Waals surface area (Å²) in [6, 6.07) is 19.6. The van der Waals surface area contributed by atoms with Crippen molar-refractivity contribution in [1.29, 1.82) is 0 Å². The Morgan fingerprint density at radius 2 is 1.67 bits per heavy atom. The van der Waals surface area contributed by atoms with Gasteiger partial charge in [0.25, 0.3) is 0 Å². The van der Waals surface area contributed by atoms with E-state index in [4.69, 9.17) is 9.47 Å². The van der Waals surface area contributed by atoms with Crippen LogP contribution in [0.4, 0.5) is 25.8 Å². The molecule has 2 N–H and O–H groups in total. The molecule has 2 aliphatic rings. The third-order valence-corrected chi connectivity index (χ3v) is 9.16. The fourth-order valence-corrected chi connectivity index (χ4v) is 6.02. The first kappa shape index (κ1) is 42.0. The Kier molecular flexibility index (Phi) is 15.6. The zero-order valence-electron chi connectivity index (χ0n) is 31.1. The number of halogens is 2. The third kappa shape index (κ3) is 12.4. The van der Waals surface area contributed by atoms with Crippen molar-refractivity contribution >= 4 is 36.1 Å². The van der Waals surface area contributed by atoms with Crippen LogP contribution in [0.3, 0.4) is 0 Å². The topological polar surface area (TPSA) is 109 Å². The van der Waals surface area contributed by atoms with Crippen LogP contribution in [-0.2, 0) is 9.53 Å². The van der Waals surface area contributed by atoms with E-state index >= 15 is 0 Å². The number of hydrazine groups is 1. The van der Waals surface area contributed by atoms with Crippen LogP contribution in [0.1, 0.15) is 52.7 Å². The number of hydrogen-bond donors (Lipinski definition) is 2. The van der Waals surface area contributed by atoms with Gasteiger partial charge in [0.05, 0.1) is 13.2 Å². The van der Waals surface area contributed by atoms with Crippen molar-refractivity contribution in [2.45, 2.75) is 53.2 Å². The Labute approximate surface area is 318 Å². The van der Waals surface area contributed by atoms with Crippen LogP contribution >= 0.6 is 0 Å². The van der Waals surface area contributed by atoms with E-state index in [1.54, 1.807) is 17.7 Å². The van der Waals surface area contributed by atoms with E-state index in [1.807, 2.05) is 36.2 Å². The highest BCUT2D eigenvalue weighted by Crippen LogP contribution is 2.27. The van der Waals surface area contributed by atoms with Gasteiger partial charge >= 0.3 is 0 Å². The van der Waals surface area contributed by atoms with Crippen LogP contribution in [-0.4, -0.2) is 107 Å². The van der Waals surface area contributed by atoms with Crippen molar-refractivity contribution in [3.63, 3.8) is 0 Å². The molecule has 14 heteroatoms. The van der Waals surface area contributed by atoms with Gasteiger partial charge in [-0.2, -0.15) is 5.10 Å². The minimum absolute atomic E-state index is 0. The SMILES string of the molecule is C.CN(/C=N\N(C=O)CCC(C)(C)C)c1ccc(N2CCCN(c3ccc(OC[C@@H](CO)OC(CN4C=NCN4)c4ccc(F)cc4F)cc3)CC2)cc1. The normalized spacial score (nSPS) is 15.9. The van der Waals surface area contributed by atoms with Crippen molar-refractivity contribution in [3.05, 3.63) is 83.9 Å². The van der Waals surface area contributed by atoms with E-state index in [-0.39, 0.29) is 38.2 Å². The highest BCUT2D eigenvalue weighted by molar-refractivity contribution is 5.79. The first-order valence-corrected chi connectivity index (χ1v) is 18.0. The lowest BCUT2D eigenvalue weighted by molar-refractivity contribution is -0.118. The van der Waals surface area contributed by atoms with Crippen molar-refractivity contribution in [2.75, 3.05) is 80.9 Å². The Balaban J connectivity index is 0.00000650. The summed E-state index contributed by atoms with van der Waals surface area (Å²) in [6.07, 6.45) is 4.29. The van der Waals surface area contributed by atoms with E-state index in [9.17, 15) is 18.7 Å². The molecule has 0 bridgehead atoms. The summed E-state index contributed by atoms with van der Waals surface area (Å²) in [5, 5.41) is 17.5. The Morgan fingerprint density at radius 1 is 1.00 bits per heavy atom. The molecule has 1 unspecified atom stereocenters. The fraction of sp³-hybridized carbons (Fsp3) is 0.475. The second-order valence-electron chi connectivity index (χ2n) is 14.4. The number of amides is 1. The minimum Gasteiger partial charge on any atom is -0.491 e. The maximum absolute atomic E-state index is 14.7. The van der Waals surface area contributed by atoms with Gasteiger partial charge in [-0.05, 0) is 72.9 Å². The number of hydrazone groups is 1. The van der Waals surface area contributed by atoms with Gasteiger partial charge in [-0.25, -0.2) is 19.2 Å². The van der Waals surface area contributed by atoms with Crippen molar-refractivity contribution < 1.29 is 28.2 Å². The van der Waals surface area contributed by atoms with Gasteiger partial charge in [0.1, 0.15) is 55.5 Å². The summed E-state index contributed by atoms with van der Waals surface area (Å²) in [5.41, 5.74) is 6.54. The fourth-order valence-electron chi connectivity index (χ4n) is 6.02. The smallest absolute Gasteiger partial charge is 0.229 e. The number of benzene rings is 3. The first-order chi connectivity index (χ1) is 25.5. The van der Waals surface area contributed by atoms with Gasteiger partial charge in [0.2, 0.25) is 6.41 Å². The second kappa shape index (κ2) is 20.0. The molecule has 54 heavy (non-hydrogen) atoms. The van der Waals surface area contributed by atoms with Gasteiger partial charge in [0, 0.05) is 68.5 Å². The predicted molar refractivity (Wildman–Crippen MR) is 212 cm³/mol. The number of nitrogens with zero attached hydrogens (tertiary/aromatic N) is 7. The lowest BCUT2D eigenvalue weighted by Gasteiger charge is -2.28. The molecule has 0 spiro atoms. The van der Waals surface area contributed by atoms with Gasteiger partial charge in [-0.1, -0.05) is 34.3 Å². The van der Waals surface area contributed by atoms with Crippen LogP contribution in [0.5, 0.6) is 5.75 Å². The molecular formula is C40H56F2N8O4. The average molecular weight is 751 g/mol. The number of aliphatic hydroxyl groups excluding tert-OH is 1. The molecule has 0 saturated carbocycles. The molecule has 12 nitrogen and oxygen atoms in total. The summed E-state index contributed by atoms with van der Waals surface area (Å²) in [4.78, 5) is 22.2. The zero-order valence-corrected chi connectivity index (χ0v) is 31.1. The molecule has 0 aromatic heterocycles. The molecule has 1 amide bonds. The largest absolute Gasteiger partial charge is 0.491 e. The summed E-state index contributed by atoms with van der Waals surface area (Å²) in [7, 11) is 1.92. The standard InChI is InChI=1S/C39H52F2N8O4.CH4/c1-39(2,3)16-19-48(29-51)44-28-45(4)31-7-9-32(10-8-31)46-17-5-18-47(21-20-46)33-11-13-34(14-12-33)52-25-35(24-50)53-38(23-49-27-42-26-43-49)36-15-6-30(40)22-37(36)41;/h6-15,22,27-29,35,38,43,50H,5,16-21,23-26H2,1-4H3;1H4/b44-28-;/t35-,38?;/m1./s1. The summed E-state index contributed by atoms with van der Waals surface area (Å²) in [5.74, 6) is -0.791. The zero-order chi connectivity index (χ0) is 37.8. The van der Waals surface area contributed by atoms with Crippen molar-refractivity contribution in [2.24, 2.45) is 15.5 Å². The highest BCUT2D eigenvalue weighted by Gasteiger charge is 2.25. The van der Waals surface area contributed by atoms with E-state index in [1.165, 1.54) is 17.1 Å². The summed E-state index contributed by atoms with van der Waals surface area (Å²) in [6.45, 7) is 10.8. The quantitative estimate of drug-likeness (QED) is 0.0756. The van der Waals surface area contributed by atoms with Crippen LogP contribution in [0, 0.1) is 17.0 Å². The number of nitrogens with one attached hydrogen (secondary N) is 1. The van der Waals surface area contributed by atoms with Gasteiger partial charge in [0.15, 0.2) is 0 Å². The second-order valence-corrected chi connectivity index (χ2v) is 14.4. The molecule has 1 fully saturated rings. The molecular weight excluding hydrogens is 694 g/mol. The number of aliphatic imine (C=N–C) groups is 1. The average Bonchev–Trinajstić information content (AvgIpc) is 3.54. The molecule has 0 radical (unpaired) electrons.